The van der Waals surface area contributed by atoms with Crippen LogP contribution in [0.5, 0.6) is 0 Å². The average molecular weight is 286 g/mol. The van der Waals surface area contributed by atoms with E-state index in [1.165, 1.54) is 0 Å². The van der Waals surface area contributed by atoms with Gasteiger partial charge in [0.2, 0.25) is 5.89 Å². The first-order chi connectivity index (χ1) is 8.78. The van der Waals surface area contributed by atoms with Gasteiger partial charge in [0.25, 0.3) is 0 Å². The number of aromatic nitrogens is 2. The maximum Gasteiger partial charge on any atom is 0.303 e. The summed E-state index contributed by atoms with van der Waals surface area (Å²) in [4.78, 5) is 15.1. The Kier molecular flexibility index (Phi) is 5.85. The van der Waals surface area contributed by atoms with Gasteiger partial charge in [-0.15, -0.1) is 0 Å². The lowest BCUT2D eigenvalue weighted by molar-refractivity contribution is -0.139. The van der Waals surface area contributed by atoms with Gasteiger partial charge in [0.05, 0.1) is 12.2 Å². The SMILES string of the molecule is CC(C)CSCc1noc(CC(C)(C)CC(=O)O)n1. The molecule has 0 saturated heterocycles. The van der Waals surface area contributed by atoms with E-state index in [4.69, 9.17) is 9.63 Å². The minimum absolute atomic E-state index is 0.0901. The summed E-state index contributed by atoms with van der Waals surface area (Å²) in [5.41, 5.74) is -0.374. The maximum atomic E-state index is 10.7. The van der Waals surface area contributed by atoms with Crippen LogP contribution in [-0.2, 0) is 17.0 Å². The lowest BCUT2D eigenvalue weighted by Gasteiger charge is -2.19. The number of nitrogens with zero attached hydrogens (tertiary/aromatic N) is 2. The Morgan fingerprint density at radius 1 is 1.47 bits per heavy atom. The van der Waals surface area contributed by atoms with Crippen LogP contribution in [0.4, 0.5) is 0 Å². The summed E-state index contributed by atoms with van der Waals surface area (Å²) in [6.07, 6.45) is 0.577. The molecule has 6 heteroatoms. The first-order valence-electron chi connectivity index (χ1n) is 6.39. The number of carbonyl (C=O) groups is 1. The summed E-state index contributed by atoms with van der Waals surface area (Å²) in [6.45, 7) is 8.11. The Bertz CT molecular complexity index is 416. The molecule has 0 bridgehead atoms. The molecule has 0 atom stereocenters. The van der Waals surface area contributed by atoms with Gasteiger partial charge in [-0.25, -0.2) is 0 Å². The molecule has 0 aliphatic heterocycles. The molecule has 19 heavy (non-hydrogen) atoms. The largest absolute Gasteiger partial charge is 0.481 e. The van der Waals surface area contributed by atoms with E-state index in [-0.39, 0.29) is 11.8 Å². The van der Waals surface area contributed by atoms with Crippen LogP contribution >= 0.6 is 11.8 Å². The first kappa shape index (κ1) is 16.0. The molecule has 5 nitrogen and oxygen atoms in total. The van der Waals surface area contributed by atoms with E-state index in [0.717, 1.165) is 11.5 Å². The standard InChI is InChI=1S/C13H22N2O3S/c1-9(2)7-19-8-10-14-11(18-15-10)5-13(3,4)6-12(16)17/h9H,5-8H2,1-4H3,(H,16,17). The summed E-state index contributed by atoms with van der Waals surface area (Å²) in [5.74, 6) is 2.84. The van der Waals surface area contributed by atoms with Crippen molar-refractivity contribution < 1.29 is 14.4 Å². The van der Waals surface area contributed by atoms with Gasteiger partial charge >= 0.3 is 5.97 Å². The van der Waals surface area contributed by atoms with Gasteiger partial charge in [-0.2, -0.15) is 16.7 Å². The molecule has 1 rings (SSSR count). The molecule has 0 unspecified atom stereocenters. The fourth-order valence-electron chi connectivity index (χ4n) is 1.69. The molecule has 108 valence electrons. The van der Waals surface area contributed by atoms with Gasteiger partial charge < -0.3 is 9.63 Å². The lowest BCUT2D eigenvalue weighted by atomic mass is 9.86. The van der Waals surface area contributed by atoms with E-state index in [9.17, 15) is 4.79 Å². The third-order valence-corrected chi connectivity index (χ3v) is 3.82. The summed E-state index contributed by atoms with van der Waals surface area (Å²) in [6, 6.07) is 0. The van der Waals surface area contributed by atoms with Crippen molar-refractivity contribution in [2.24, 2.45) is 11.3 Å². The molecule has 0 aromatic carbocycles. The average Bonchev–Trinajstić information content (AvgIpc) is 2.61. The fraction of sp³-hybridized carbons (Fsp3) is 0.769. The number of aliphatic carboxylic acids is 1. The molecular weight excluding hydrogens is 264 g/mol. The molecule has 1 aromatic heterocycles. The van der Waals surface area contributed by atoms with Crippen LogP contribution in [0.3, 0.4) is 0 Å². The van der Waals surface area contributed by atoms with E-state index in [1.807, 2.05) is 13.8 Å². The minimum Gasteiger partial charge on any atom is -0.481 e. The molecule has 0 aliphatic carbocycles. The smallest absolute Gasteiger partial charge is 0.303 e. The number of carboxylic acids is 1. The number of hydrogen-bond donors (Lipinski definition) is 1. The van der Waals surface area contributed by atoms with E-state index in [2.05, 4.69) is 24.0 Å². The zero-order chi connectivity index (χ0) is 14.5. The van der Waals surface area contributed by atoms with Crippen molar-refractivity contribution in [3.63, 3.8) is 0 Å². The Morgan fingerprint density at radius 2 is 2.16 bits per heavy atom. The first-order valence-corrected chi connectivity index (χ1v) is 7.55. The molecule has 0 aliphatic rings. The number of carboxylic acid groups (broad SMARTS) is 1. The van der Waals surface area contributed by atoms with E-state index < -0.39 is 5.97 Å². The second-order valence-electron chi connectivity index (χ2n) is 5.92. The quantitative estimate of drug-likeness (QED) is 0.791. The predicted molar refractivity (Wildman–Crippen MR) is 75.0 cm³/mol. The van der Waals surface area contributed by atoms with Gasteiger partial charge in [-0.1, -0.05) is 32.9 Å². The van der Waals surface area contributed by atoms with Gasteiger partial charge in [0.1, 0.15) is 0 Å². The molecule has 0 saturated carbocycles. The van der Waals surface area contributed by atoms with Crippen molar-refractivity contribution in [2.45, 2.75) is 46.3 Å². The van der Waals surface area contributed by atoms with Crippen LogP contribution in [0, 0.1) is 11.3 Å². The highest BCUT2D eigenvalue weighted by Crippen LogP contribution is 2.25. The highest BCUT2D eigenvalue weighted by Gasteiger charge is 2.25. The van der Waals surface area contributed by atoms with Crippen LogP contribution in [0.1, 0.15) is 45.8 Å². The fourth-order valence-corrected chi connectivity index (χ4v) is 2.58. The van der Waals surface area contributed by atoms with E-state index >= 15 is 0 Å². The monoisotopic (exact) mass is 286 g/mol. The van der Waals surface area contributed by atoms with Crippen LogP contribution in [0.25, 0.3) is 0 Å². The topological polar surface area (TPSA) is 76.2 Å². The Labute approximate surface area is 118 Å². The zero-order valence-corrected chi connectivity index (χ0v) is 12.8. The van der Waals surface area contributed by atoms with Crippen molar-refractivity contribution >= 4 is 17.7 Å². The second kappa shape index (κ2) is 6.93. The van der Waals surface area contributed by atoms with Crippen LogP contribution in [0.2, 0.25) is 0 Å². The molecule has 0 spiro atoms. The molecule has 0 fully saturated rings. The Hall–Kier alpha value is -1.04. The van der Waals surface area contributed by atoms with Crippen LogP contribution in [-0.4, -0.2) is 27.0 Å². The lowest BCUT2D eigenvalue weighted by Crippen LogP contribution is -2.19. The summed E-state index contributed by atoms with van der Waals surface area (Å²) >= 11 is 1.78. The van der Waals surface area contributed by atoms with E-state index in [0.29, 0.717) is 24.1 Å². The number of rotatable bonds is 8. The van der Waals surface area contributed by atoms with Crippen LogP contribution < -0.4 is 0 Å². The molecule has 0 amide bonds. The predicted octanol–water partition coefficient (Wildman–Crippen LogP) is 3.00. The normalized spacial score (nSPS) is 12.1. The Morgan fingerprint density at radius 3 is 2.74 bits per heavy atom. The molecule has 1 N–H and O–H groups in total. The van der Waals surface area contributed by atoms with Crippen LogP contribution in [0.15, 0.2) is 4.52 Å². The highest BCUT2D eigenvalue weighted by atomic mass is 32.2. The van der Waals surface area contributed by atoms with Crippen molar-refractivity contribution in [3.8, 4) is 0 Å². The van der Waals surface area contributed by atoms with Gasteiger partial charge in [-0.3, -0.25) is 4.79 Å². The summed E-state index contributed by atoms with van der Waals surface area (Å²) < 4.78 is 5.17. The van der Waals surface area contributed by atoms with E-state index in [1.54, 1.807) is 11.8 Å². The maximum absolute atomic E-state index is 10.7. The number of thioether (sulfide) groups is 1. The highest BCUT2D eigenvalue weighted by molar-refractivity contribution is 7.98. The third kappa shape index (κ3) is 6.61. The molecule has 1 heterocycles. The second-order valence-corrected chi connectivity index (χ2v) is 6.96. The zero-order valence-electron chi connectivity index (χ0n) is 12.0. The van der Waals surface area contributed by atoms with Crippen molar-refractivity contribution in [3.05, 3.63) is 11.7 Å². The summed E-state index contributed by atoms with van der Waals surface area (Å²) in [5, 5.41) is 12.8. The third-order valence-electron chi connectivity index (χ3n) is 2.45. The van der Waals surface area contributed by atoms with Gasteiger partial charge in [0.15, 0.2) is 5.82 Å². The summed E-state index contributed by atoms with van der Waals surface area (Å²) in [7, 11) is 0. The molecule has 1 aromatic rings. The van der Waals surface area contributed by atoms with Crippen molar-refractivity contribution in [1.82, 2.24) is 10.1 Å². The van der Waals surface area contributed by atoms with Gasteiger partial charge in [-0.05, 0) is 17.1 Å². The Balaban J connectivity index is 2.48. The number of hydrogen-bond acceptors (Lipinski definition) is 5. The minimum atomic E-state index is -0.808. The molecular formula is C13H22N2O3S. The van der Waals surface area contributed by atoms with Crippen molar-refractivity contribution in [1.29, 1.82) is 0 Å². The van der Waals surface area contributed by atoms with Crippen molar-refractivity contribution in [2.75, 3.05) is 5.75 Å². The molecule has 0 radical (unpaired) electrons. The van der Waals surface area contributed by atoms with Gasteiger partial charge in [0, 0.05) is 6.42 Å².